The maximum Gasteiger partial charge on any atom is 0.231 e. The summed E-state index contributed by atoms with van der Waals surface area (Å²) in [4.78, 5) is 9.38. The molecule has 5 rings (SSSR count). The first-order valence-electron chi connectivity index (χ1n) is 10.1. The molecule has 1 aliphatic carbocycles. The Labute approximate surface area is 169 Å². The van der Waals surface area contributed by atoms with E-state index in [2.05, 4.69) is 62.4 Å². The fourth-order valence-electron chi connectivity index (χ4n) is 3.56. The molecule has 3 heterocycles. The monoisotopic (exact) mass is 390 g/mol. The lowest BCUT2D eigenvalue weighted by Crippen LogP contribution is -2.16. The zero-order valence-corrected chi connectivity index (χ0v) is 17.2. The van der Waals surface area contributed by atoms with Crippen LogP contribution in [-0.4, -0.2) is 36.0 Å². The van der Waals surface area contributed by atoms with Crippen molar-refractivity contribution in [3.05, 3.63) is 30.1 Å². The minimum absolute atomic E-state index is 0.151. The van der Waals surface area contributed by atoms with Crippen molar-refractivity contribution in [2.75, 3.05) is 10.6 Å². The summed E-state index contributed by atoms with van der Waals surface area (Å²) in [5.41, 5.74) is 3.82. The maximum absolute atomic E-state index is 4.76. The minimum Gasteiger partial charge on any atom is -0.367 e. The van der Waals surface area contributed by atoms with E-state index in [1.165, 1.54) is 12.8 Å². The summed E-state index contributed by atoms with van der Waals surface area (Å²) >= 11 is 0. The second-order valence-electron chi connectivity index (χ2n) is 9.09. The second-order valence-corrected chi connectivity index (χ2v) is 9.09. The van der Waals surface area contributed by atoms with Gasteiger partial charge in [0.25, 0.3) is 0 Å². The van der Waals surface area contributed by atoms with Gasteiger partial charge in [-0.3, -0.25) is 9.78 Å². The van der Waals surface area contributed by atoms with Crippen molar-refractivity contribution in [2.45, 2.75) is 53.1 Å². The highest BCUT2D eigenvalue weighted by molar-refractivity contribution is 5.94. The van der Waals surface area contributed by atoms with Crippen molar-refractivity contribution in [1.82, 2.24) is 29.9 Å². The number of hydrogen-bond acceptors (Lipinski definition) is 6. The van der Waals surface area contributed by atoms with Crippen molar-refractivity contribution < 1.29 is 0 Å². The van der Waals surface area contributed by atoms with Crippen LogP contribution in [0, 0.1) is 12.3 Å². The summed E-state index contributed by atoms with van der Waals surface area (Å²) in [6.45, 7) is 9.49. The smallest absolute Gasteiger partial charge is 0.231 e. The quantitative estimate of drug-likeness (QED) is 0.468. The summed E-state index contributed by atoms with van der Waals surface area (Å²) in [6, 6.07) is 6.66. The van der Waals surface area contributed by atoms with Gasteiger partial charge in [-0.25, -0.2) is 0 Å². The molecule has 0 aliphatic heterocycles. The lowest BCUT2D eigenvalue weighted by Gasteiger charge is -2.18. The molecule has 0 unspecified atom stereocenters. The predicted octanol–water partition coefficient (Wildman–Crippen LogP) is 4.38. The van der Waals surface area contributed by atoms with Crippen LogP contribution in [0.3, 0.4) is 0 Å². The standard InChI is InChI=1S/C21H26N8/c1-12-17-18(23-13-8-9-13)25-20(26-19(17)28-27-12)24-15-6-5-7-16-14(15)10-22-29(16)11-21(2,3)4/h5-7,10,13H,8-9,11H2,1-4H3,(H3,23,24,25,26,27,28). The Bertz CT molecular complexity index is 1190. The van der Waals surface area contributed by atoms with Gasteiger partial charge in [-0.1, -0.05) is 26.8 Å². The molecule has 4 aromatic rings. The molecule has 0 bridgehead atoms. The van der Waals surface area contributed by atoms with E-state index in [1.54, 1.807) is 0 Å². The van der Waals surface area contributed by atoms with Crippen LogP contribution in [0.25, 0.3) is 21.9 Å². The maximum atomic E-state index is 4.76. The molecule has 29 heavy (non-hydrogen) atoms. The Morgan fingerprint density at radius 2 is 2.03 bits per heavy atom. The molecule has 0 atom stereocenters. The number of nitrogens with one attached hydrogen (secondary N) is 3. The molecule has 3 aromatic heterocycles. The van der Waals surface area contributed by atoms with Gasteiger partial charge in [0.15, 0.2) is 5.65 Å². The largest absolute Gasteiger partial charge is 0.367 e. The number of hydrogen-bond donors (Lipinski definition) is 3. The molecule has 8 nitrogen and oxygen atoms in total. The van der Waals surface area contributed by atoms with Gasteiger partial charge in [0.1, 0.15) is 5.82 Å². The fourth-order valence-corrected chi connectivity index (χ4v) is 3.56. The third-order valence-electron chi connectivity index (χ3n) is 5.07. The first-order valence-corrected chi connectivity index (χ1v) is 10.1. The number of nitrogens with zero attached hydrogens (tertiary/aromatic N) is 5. The summed E-state index contributed by atoms with van der Waals surface area (Å²) in [6.07, 6.45) is 4.26. The molecule has 0 radical (unpaired) electrons. The molecular formula is C21H26N8. The van der Waals surface area contributed by atoms with Crippen LogP contribution in [-0.2, 0) is 6.54 Å². The number of rotatable bonds is 5. The Morgan fingerprint density at radius 1 is 1.21 bits per heavy atom. The van der Waals surface area contributed by atoms with E-state index < -0.39 is 0 Å². The number of fused-ring (bicyclic) bond motifs is 2. The Hall–Kier alpha value is -3.16. The van der Waals surface area contributed by atoms with Crippen molar-refractivity contribution in [3.8, 4) is 0 Å². The van der Waals surface area contributed by atoms with Crippen molar-refractivity contribution in [1.29, 1.82) is 0 Å². The van der Waals surface area contributed by atoms with E-state index in [1.807, 2.05) is 25.3 Å². The molecule has 1 saturated carbocycles. The molecule has 1 fully saturated rings. The van der Waals surface area contributed by atoms with E-state index >= 15 is 0 Å². The Morgan fingerprint density at radius 3 is 2.79 bits per heavy atom. The molecule has 1 aliphatic rings. The molecule has 0 spiro atoms. The first-order chi connectivity index (χ1) is 13.9. The van der Waals surface area contributed by atoms with Crippen molar-refractivity contribution >= 4 is 39.4 Å². The molecule has 8 heteroatoms. The number of aryl methyl sites for hydroxylation is 1. The van der Waals surface area contributed by atoms with Gasteiger partial charge in [0.05, 0.1) is 22.8 Å². The molecule has 0 saturated heterocycles. The Kier molecular flexibility index (Phi) is 3.97. The SMILES string of the molecule is Cc1[nH]nc2nc(Nc3cccc4c3cnn4CC(C)(C)C)nc(NC3CC3)c12. The first kappa shape index (κ1) is 17.9. The molecule has 150 valence electrons. The van der Waals surface area contributed by atoms with Crippen LogP contribution >= 0.6 is 0 Å². The highest BCUT2D eigenvalue weighted by Crippen LogP contribution is 2.32. The predicted molar refractivity (Wildman–Crippen MR) is 116 cm³/mol. The molecule has 0 amide bonds. The van der Waals surface area contributed by atoms with Crippen LogP contribution < -0.4 is 10.6 Å². The number of aromatic nitrogens is 6. The third-order valence-corrected chi connectivity index (χ3v) is 5.07. The lowest BCUT2D eigenvalue weighted by molar-refractivity contribution is 0.331. The lowest BCUT2D eigenvalue weighted by atomic mass is 9.97. The van der Waals surface area contributed by atoms with E-state index in [9.17, 15) is 0 Å². The molecule has 3 N–H and O–H groups in total. The van der Waals surface area contributed by atoms with E-state index in [4.69, 9.17) is 4.98 Å². The average molecular weight is 390 g/mol. The van der Waals surface area contributed by atoms with Gasteiger partial charge in [0.2, 0.25) is 5.95 Å². The van der Waals surface area contributed by atoms with E-state index in [-0.39, 0.29) is 5.41 Å². The van der Waals surface area contributed by atoms with Gasteiger partial charge in [-0.15, -0.1) is 0 Å². The normalized spacial score (nSPS) is 14.6. The van der Waals surface area contributed by atoms with E-state index in [0.29, 0.717) is 17.6 Å². The number of anilines is 3. The van der Waals surface area contributed by atoms with Crippen LogP contribution in [0.4, 0.5) is 17.5 Å². The van der Waals surface area contributed by atoms with Crippen LogP contribution in [0.1, 0.15) is 39.3 Å². The zero-order chi connectivity index (χ0) is 20.2. The summed E-state index contributed by atoms with van der Waals surface area (Å²) in [7, 11) is 0. The van der Waals surface area contributed by atoms with Gasteiger partial charge in [-0.05, 0) is 37.3 Å². The summed E-state index contributed by atoms with van der Waals surface area (Å²) < 4.78 is 2.06. The van der Waals surface area contributed by atoms with Crippen molar-refractivity contribution in [3.63, 3.8) is 0 Å². The van der Waals surface area contributed by atoms with Crippen LogP contribution in [0.15, 0.2) is 24.4 Å². The van der Waals surface area contributed by atoms with Gasteiger partial charge < -0.3 is 10.6 Å². The zero-order valence-electron chi connectivity index (χ0n) is 17.2. The number of aromatic amines is 1. The van der Waals surface area contributed by atoms with E-state index in [0.717, 1.165) is 40.0 Å². The van der Waals surface area contributed by atoms with Crippen LogP contribution in [0.5, 0.6) is 0 Å². The Balaban J connectivity index is 1.53. The second kappa shape index (κ2) is 6.43. The highest BCUT2D eigenvalue weighted by Gasteiger charge is 2.24. The minimum atomic E-state index is 0.151. The van der Waals surface area contributed by atoms with Gasteiger partial charge in [0, 0.05) is 23.7 Å². The molecule has 1 aromatic carbocycles. The van der Waals surface area contributed by atoms with Crippen molar-refractivity contribution in [2.24, 2.45) is 5.41 Å². The third kappa shape index (κ3) is 3.50. The average Bonchev–Trinajstić information content (AvgIpc) is 3.26. The summed E-state index contributed by atoms with van der Waals surface area (Å²) in [5, 5.41) is 20.9. The van der Waals surface area contributed by atoms with Gasteiger partial charge >= 0.3 is 0 Å². The number of benzene rings is 1. The fraction of sp³-hybridized carbons (Fsp3) is 0.429. The van der Waals surface area contributed by atoms with Gasteiger partial charge in [-0.2, -0.15) is 20.2 Å². The topological polar surface area (TPSA) is 96.3 Å². The number of H-pyrrole nitrogens is 1. The summed E-state index contributed by atoms with van der Waals surface area (Å²) in [5.74, 6) is 1.37. The van der Waals surface area contributed by atoms with Crippen LogP contribution in [0.2, 0.25) is 0 Å². The highest BCUT2D eigenvalue weighted by atomic mass is 15.3. The molecular weight excluding hydrogens is 364 g/mol.